The molecule has 0 saturated heterocycles. The summed E-state index contributed by atoms with van der Waals surface area (Å²) in [5.74, 6) is 2.64. The third-order valence-corrected chi connectivity index (χ3v) is 6.29. The van der Waals surface area contributed by atoms with E-state index < -0.39 is 0 Å². The van der Waals surface area contributed by atoms with Gasteiger partial charge in [-0.15, -0.1) is 34.4 Å². The summed E-state index contributed by atoms with van der Waals surface area (Å²) in [4.78, 5) is 18.7. The zero-order valence-electron chi connectivity index (χ0n) is 13.5. The Kier molecular flexibility index (Phi) is 5.76. The molecule has 0 aromatic carbocycles. The average Bonchev–Trinajstić information content (AvgIpc) is 3.27. The average molecular weight is 379 g/mol. The van der Waals surface area contributed by atoms with E-state index in [4.69, 9.17) is 4.42 Å². The van der Waals surface area contributed by atoms with Crippen molar-refractivity contribution >= 4 is 40.3 Å². The minimum absolute atomic E-state index is 0.0453. The predicted octanol–water partition coefficient (Wildman–Crippen LogP) is 4.63. The van der Waals surface area contributed by atoms with Crippen LogP contribution in [-0.4, -0.2) is 16.6 Å². The van der Waals surface area contributed by atoms with Crippen molar-refractivity contribution in [3.63, 3.8) is 0 Å². The van der Waals surface area contributed by atoms with Crippen molar-refractivity contribution in [3.05, 3.63) is 50.9 Å². The van der Waals surface area contributed by atoms with Gasteiger partial charge in [0, 0.05) is 10.6 Å². The zero-order chi connectivity index (χ0) is 16.9. The number of oxazole rings is 1. The van der Waals surface area contributed by atoms with Gasteiger partial charge in [-0.05, 0) is 42.3 Å². The lowest BCUT2D eigenvalue weighted by atomic mass is 10.3. The number of nitrogens with one attached hydrogen (secondary N) is 1. The Balaban J connectivity index is 1.49. The number of nitrogens with zero attached hydrogens (tertiary/aromatic N) is 1. The first-order chi connectivity index (χ1) is 11.6. The third kappa shape index (κ3) is 4.28. The Hall–Kier alpha value is -1.57. The van der Waals surface area contributed by atoms with E-state index in [9.17, 15) is 4.79 Å². The van der Waals surface area contributed by atoms with Gasteiger partial charge < -0.3 is 9.73 Å². The van der Waals surface area contributed by atoms with Gasteiger partial charge in [0.2, 0.25) is 11.8 Å². The number of aromatic nitrogens is 1. The quantitative estimate of drug-likeness (QED) is 0.651. The molecule has 0 aliphatic heterocycles. The first-order valence-electron chi connectivity index (χ1n) is 7.51. The van der Waals surface area contributed by atoms with E-state index in [1.54, 1.807) is 34.4 Å². The van der Waals surface area contributed by atoms with Crippen LogP contribution in [0.5, 0.6) is 0 Å². The SMILES string of the molecule is Cc1ccsc1-c1nc(CSCC(=O)NCc2cccs2)c(C)o1. The third-order valence-electron chi connectivity index (χ3n) is 3.46. The minimum atomic E-state index is 0.0453. The molecule has 0 aliphatic carbocycles. The summed E-state index contributed by atoms with van der Waals surface area (Å²) >= 11 is 4.83. The molecule has 0 unspecified atom stereocenters. The Morgan fingerprint density at radius 3 is 2.88 bits per heavy atom. The molecule has 4 nitrogen and oxygen atoms in total. The van der Waals surface area contributed by atoms with E-state index in [1.165, 1.54) is 5.56 Å². The Morgan fingerprint density at radius 2 is 2.17 bits per heavy atom. The van der Waals surface area contributed by atoms with Crippen LogP contribution in [0.2, 0.25) is 0 Å². The second-order valence-electron chi connectivity index (χ2n) is 5.30. The summed E-state index contributed by atoms with van der Waals surface area (Å²) in [6.07, 6.45) is 0. The number of carbonyl (C=O) groups excluding carboxylic acids is 1. The molecule has 3 rings (SSSR count). The van der Waals surface area contributed by atoms with Crippen molar-refractivity contribution in [2.24, 2.45) is 0 Å². The van der Waals surface area contributed by atoms with Crippen molar-refractivity contribution in [1.29, 1.82) is 0 Å². The lowest BCUT2D eigenvalue weighted by Crippen LogP contribution is -2.24. The Bertz CT molecular complexity index is 806. The molecule has 1 amide bonds. The van der Waals surface area contributed by atoms with Crippen LogP contribution in [0.15, 0.2) is 33.4 Å². The van der Waals surface area contributed by atoms with E-state index in [0.29, 0.717) is 23.9 Å². The molecule has 7 heteroatoms. The van der Waals surface area contributed by atoms with Gasteiger partial charge in [-0.3, -0.25) is 4.79 Å². The summed E-state index contributed by atoms with van der Waals surface area (Å²) in [5.41, 5.74) is 2.09. The molecule has 0 aliphatic rings. The van der Waals surface area contributed by atoms with E-state index in [2.05, 4.69) is 23.3 Å². The maximum absolute atomic E-state index is 11.9. The van der Waals surface area contributed by atoms with Gasteiger partial charge in [0.05, 0.1) is 22.9 Å². The largest absolute Gasteiger partial charge is 0.440 e. The molecular formula is C17H18N2O2S3. The summed E-state index contributed by atoms with van der Waals surface area (Å²) in [7, 11) is 0. The molecule has 3 aromatic rings. The smallest absolute Gasteiger partial charge is 0.237 e. The molecular weight excluding hydrogens is 360 g/mol. The van der Waals surface area contributed by atoms with Crippen LogP contribution in [0.3, 0.4) is 0 Å². The lowest BCUT2D eigenvalue weighted by Gasteiger charge is -2.03. The van der Waals surface area contributed by atoms with Gasteiger partial charge in [0.25, 0.3) is 0 Å². The molecule has 3 heterocycles. The standard InChI is InChI=1S/C17H18N2O2S3/c1-11-5-7-24-16(11)17-19-14(12(2)21-17)9-22-10-15(20)18-8-13-4-3-6-23-13/h3-7H,8-10H2,1-2H3,(H,18,20). The van der Waals surface area contributed by atoms with Crippen LogP contribution in [0.1, 0.15) is 21.9 Å². The van der Waals surface area contributed by atoms with Gasteiger partial charge in [0.15, 0.2) is 0 Å². The van der Waals surface area contributed by atoms with Crippen LogP contribution in [0, 0.1) is 13.8 Å². The topological polar surface area (TPSA) is 55.1 Å². The van der Waals surface area contributed by atoms with Crippen LogP contribution >= 0.6 is 34.4 Å². The van der Waals surface area contributed by atoms with E-state index >= 15 is 0 Å². The fraction of sp³-hybridized carbons (Fsp3) is 0.294. The molecule has 0 spiro atoms. The van der Waals surface area contributed by atoms with E-state index in [1.807, 2.05) is 29.8 Å². The molecule has 0 atom stereocenters. The number of thioether (sulfide) groups is 1. The normalized spacial score (nSPS) is 10.9. The summed E-state index contributed by atoms with van der Waals surface area (Å²) in [5, 5.41) is 6.98. The zero-order valence-corrected chi connectivity index (χ0v) is 15.9. The first kappa shape index (κ1) is 17.3. The van der Waals surface area contributed by atoms with Gasteiger partial charge in [-0.1, -0.05) is 6.07 Å². The number of carbonyl (C=O) groups is 1. The molecule has 3 aromatic heterocycles. The fourth-order valence-corrected chi connectivity index (χ4v) is 4.49. The van der Waals surface area contributed by atoms with Gasteiger partial charge in [-0.25, -0.2) is 4.98 Å². The molecule has 126 valence electrons. The Morgan fingerprint density at radius 1 is 1.29 bits per heavy atom. The van der Waals surface area contributed by atoms with Gasteiger partial charge in [0.1, 0.15) is 5.76 Å². The summed E-state index contributed by atoms with van der Waals surface area (Å²) in [6, 6.07) is 6.07. The van der Waals surface area contributed by atoms with Crippen molar-refractivity contribution in [3.8, 4) is 10.8 Å². The number of thiophene rings is 2. The molecule has 1 N–H and O–H groups in total. The molecule has 24 heavy (non-hydrogen) atoms. The van der Waals surface area contributed by atoms with E-state index in [-0.39, 0.29) is 5.91 Å². The van der Waals surface area contributed by atoms with Crippen LogP contribution in [0.4, 0.5) is 0 Å². The molecule has 0 saturated carbocycles. The summed E-state index contributed by atoms with van der Waals surface area (Å²) < 4.78 is 5.78. The predicted molar refractivity (Wildman–Crippen MR) is 102 cm³/mol. The number of aryl methyl sites for hydroxylation is 2. The van der Waals surface area contributed by atoms with Gasteiger partial charge in [-0.2, -0.15) is 0 Å². The maximum Gasteiger partial charge on any atom is 0.237 e. The second kappa shape index (κ2) is 8.00. The molecule has 0 fully saturated rings. The first-order valence-corrected chi connectivity index (χ1v) is 10.4. The molecule has 0 bridgehead atoms. The number of amides is 1. The van der Waals surface area contributed by atoms with Crippen molar-refractivity contribution < 1.29 is 9.21 Å². The highest BCUT2D eigenvalue weighted by Crippen LogP contribution is 2.30. The summed E-state index contributed by atoms with van der Waals surface area (Å²) in [6.45, 7) is 4.58. The van der Waals surface area contributed by atoms with Crippen molar-refractivity contribution in [1.82, 2.24) is 10.3 Å². The number of rotatable bonds is 7. The van der Waals surface area contributed by atoms with Crippen LogP contribution in [0.25, 0.3) is 10.8 Å². The van der Waals surface area contributed by atoms with Crippen molar-refractivity contribution in [2.45, 2.75) is 26.1 Å². The highest BCUT2D eigenvalue weighted by molar-refractivity contribution is 7.99. The van der Waals surface area contributed by atoms with Gasteiger partial charge >= 0.3 is 0 Å². The van der Waals surface area contributed by atoms with Crippen LogP contribution < -0.4 is 5.32 Å². The Labute approximate surface area is 153 Å². The highest BCUT2D eigenvalue weighted by Gasteiger charge is 2.14. The van der Waals surface area contributed by atoms with E-state index in [0.717, 1.165) is 21.2 Å². The van der Waals surface area contributed by atoms with Crippen molar-refractivity contribution in [2.75, 3.05) is 5.75 Å². The number of hydrogen-bond acceptors (Lipinski definition) is 6. The molecule has 0 radical (unpaired) electrons. The van der Waals surface area contributed by atoms with Crippen LogP contribution in [-0.2, 0) is 17.1 Å². The monoisotopic (exact) mass is 378 g/mol. The maximum atomic E-state index is 11.9. The fourth-order valence-electron chi connectivity index (χ4n) is 2.14. The highest BCUT2D eigenvalue weighted by atomic mass is 32.2. The minimum Gasteiger partial charge on any atom is -0.440 e. The number of hydrogen-bond donors (Lipinski definition) is 1. The second-order valence-corrected chi connectivity index (χ2v) is 8.24. The lowest BCUT2D eigenvalue weighted by molar-refractivity contribution is -0.118.